The van der Waals surface area contributed by atoms with Gasteiger partial charge in [0.25, 0.3) is 5.91 Å². The molecule has 8 heteroatoms. The highest BCUT2D eigenvalue weighted by molar-refractivity contribution is 7.20. The Kier molecular flexibility index (Phi) is 3.61. The first-order valence-electron chi connectivity index (χ1n) is 8.21. The van der Waals surface area contributed by atoms with Crippen molar-refractivity contribution in [1.82, 2.24) is 24.8 Å². The van der Waals surface area contributed by atoms with Crippen molar-refractivity contribution in [3.8, 4) is 11.3 Å². The van der Waals surface area contributed by atoms with Crippen LogP contribution in [0.4, 0.5) is 5.69 Å². The molecule has 0 spiro atoms. The Morgan fingerprint density at radius 1 is 1.00 bits per heavy atom. The van der Waals surface area contributed by atoms with Crippen molar-refractivity contribution in [2.24, 2.45) is 0 Å². The van der Waals surface area contributed by atoms with E-state index in [0.717, 1.165) is 21.5 Å². The number of carbonyl (C=O) groups excluding carboxylic acids is 1. The number of nitrogens with one attached hydrogen (secondary N) is 1. The number of benzene rings is 2. The molecule has 0 atom stereocenters. The van der Waals surface area contributed by atoms with E-state index in [-0.39, 0.29) is 5.91 Å². The molecule has 1 N–H and O–H groups in total. The summed E-state index contributed by atoms with van der Waals surface area (Å²) in [6.45, 7) is 0. The van der Waals surface area contributed by atoms with Gasteiger partial charge in [-0.05, 0) is 36.4 Å². The first-order valence-corrected chi connectivity index (χ1v) is 9.02. The molecule has 130 valence electrons. The van der Waals surface area contributed by atoms with Crippen LogP contribution in [0.1, 0.15) is 9.80 Å². The number of rotatable bonds is 3. The predicted molar refractivity (Wildman–Crippen MR) is 104 cm³/mol. The molecule has 0 unspecified atom stereocenters. The maximum absolute atomic E-state index is 12.5. The third kappa shape index (κ3) is 2.91. The Labute approximate surface area is 157 Å². The number of nitrogens with zero attached hydrogens (tertiary/aromatic N) is 5. The summed E-state index contributed by atoms with van der Waals surface area (Å²) in [6, 6.07) is 19.0. The maximum Gasteiger partial charge on any atom is 0.284 e. The molecule has 3 heterocycles. The molecule has 0 aliphatic rings. The molecule has 5 rings (SSSR count). The lowest BCUT2D eigenvalue weighted by molar-refractivity contribution is 0.102. The van der Waals surface area contributed by atoms with Crippen molar-refractivity contribution in [3.05, 3.63) is 72.0 Å². The summed E-state index contributed by atoms with van der Waals surface area (Å²) < 4.78 is 2.62. The highest BCUT2D eigenvalue weighted by Crippen LogP contribution is 2.23. The second-order valence-electron chi connectivity index (χ2n) is 5.87. The van der Waals surface area contributed by atoms with Crippen molar-refractivity contribution >= 4 is 38.8 Å². The van der Waals surface area contributed by atoms with Crippen LogP contribution < -0.4 is 5.32 Å². The van der Waals surface area contributed by atoms with E-state index in [1.165, 1.54) is 11.3 Å². The Bertz CT molecular complexity index is 1240. The molecule has 0 aliphatic carbocycles. The van der Waals surface area contributed by atoms with Gasteiger partial charge in [0.2, 0.25) is 0 Å². The monoisotopic (exact) mass is 372 g/mol. The van der Waals surface area contributed by atoms with Crippen LogP contribution in [0.3, 0.4) is 0 Å². The van der Waals surface area contributed by atoms with E-state index in [4.69, 9.17) is 0 Å². The van der Waals surface area contributed by atoms with Gasteiger partial charge in [0.1, 0.15) is 6.33 Å². The average molecular weight is 372 g/mol. The smallest absolute Gasteiger partial charge is 0.284 e. The zero-order valence-electron chi connectivity index (χ0n) is 13.9. The normalized spacial score (nSPS) is 11.1. The third-order valence-corrected chi connectivity index (χ3v) is 5.12. The molecular formula is C19H12N6OS. The molecule has 0 radical (unpaired) electrons. The maximum atomic E-state index is 12.5. The van der Waals surface area contributed by atoms with Crippen LogP contribution in [0.25, 0.3) is 27.1 Å². The minimum Gasteiger partial charge on any atom is -0.320 e. The largest absolute Gasteiger partial charge is 0.320 e. The number of hydrogen-bond acceptors (Lipinski definition) is 6. The van der Waals surface area contributed by atoms with Crippen molar-refractivity contribution in [2.75, 3.05) is 5.32 Å². The molecule has 1 amide bonds. The number of aromatic nitrogens is 5. The van der Waals surface area contributed by atoms with Gasteiger partial charge in [0.05, 0.1) is 15.9 Å². The SMILES string of the molecule is O=C(Nc1ccc(-c2ccc3nncn3n2)cc1)c1nc2ccccc2s1. The van der Waals surface area contributed by atoms with Crippen LogP contribution >= 0.6 is 11.3 Å². The van der Waals surface area contributed by atoms with E-state index in [9.17, 15) is 4.79 Å². The molecule has 0 aliphatic heterocycles. The van der Waals surface area contributed by atoms with E-state index >= 15 is 0 Å². The van der Waals surface area contributed by atoms with E-state index in [0.29, 0.717) is 16.3 Å². The lowest BCUT2D eigenvalue weighted by atomic mass is 10.1. The number of anilines is 1. The van der Waals surface area contributed by atoms with Crippen LogP contribution in [0.15, 0.2) is 67.0 Å². The van der Waals surface area contributed by atoms with Gasteiger partial charge >= 0.3 is 0 Å². The Balaban J connectivity index is 1.37. The average Bonchev–Trinajstić information content (AvgIpc) is 3.34. The molecule has 0 saturated heterocycles. The summed E-state index contributed by atoms with van der Waals surface area (Å²) in [6.07, 6.45) is 1.56. The number of carbonyl (C=O) groups is 1. The van der Waals surface area contributed by atoms with E-state index in [2.05, 4.69) is 25.6 Å². The highest BCUT2D eigenvalue weighted by Gasteiger charge is 2.12. The molecule has 0 bridgehead atoms. The molecule has 27 heavy (non-hydrogen) atoms. The fourth-order valence-electron chi connectivity index (χ4n) is 2.76. The lowest BCUT2D eigenvalue weighted by Crippen LogP contribution is -2.11. The molecule has 0 fully saturated rings. The van der Waals surface area contributed by atoms with E-state index < -0.39 is 0 Å². The van der Waals surface area contributed by atoms with Gasteiger partial charge in [-0.25, -0.2) is 4.98 Å². The Hall–Kier alpha value is -3.65. The van der Waals surface area contributed by atoms with Crippen LogP contribution in [-0.2, 0) is 0 Å². The van der Waals surface area contributed by atoms with Gasteiger partial charge in [-0.15, -0.1) is 21.5 Å². The van der Waals surface area contributed by atoms with Crippen LogP contribution in [0.2, 0.25) is 0 Å². The predicted octanol–water partition coefficient (Wildman–Crippen LogP) is 3.65. The zero-order valence-corrected chi connectivity index (χ0v) is 14.7. The topological polar surface area (TPSA) is 85.1 Å². The quantitative estimate of drug-likeness (QED) is 0.522. The molecule has 2 aromatic carbocycles. The van der Waals surface area contributed by atoms with Crippen molar-refractivity contribution in [3.63, 3.8) is 0 Å². The molecule has 5 aromatic rings. The van der Waals surface area contributed by atoms with Gasteiger partial charge in [-0.1, -0.05) is 24.3 Å². The molecular weight excluding hydrogens is 360 g/mol. The van der Waals surface area contributed by atoms with E-state index in [1.807, 2.05) is 60.7 Å². The Morgan fingerprint density at radius 2 is 1.85 bits per heavy atom. The summed E-state index contributed by atoms with van der Waals surface area (Å²) in [7, 11) is 0. The van der Waals surface area contributed by atoms with Crippen LogP contribution in [0, 0.1) is 0 Å². The van der Waals surface area contributed by atoms with Gasteiger partial charge in [-0.2, -0.15) is 9.61 Å². The number of hydrogen-bond donors (Lipinski definition) is 1. The van der Waals surface area contributed by atoms with Crippen LogP contribution in [0.5, 0.6) is 0 Å². The summed E-state index contributed by atoms with van der Waals surface area (Å²) in [5, 5.41) is 15.6. The standard InChI is InChI=1S/C19H12N6OS/c26-18(19-22-15-3-1-2-4-16(15)27-19)21-13-7-5-12(6-8-13)14-9-10-17-23-20-11-25(17)24-14/h1-11H,(H,21,26). The minimum absolute atomic E-state index is 0.215. The van der Waals surface area contributed by atoms with Crippen LogP contribution in [-0.4, -0.2) is 30.7 Å². The minimum atomic E-state index is -0.215. The summed E-state index contributed by atoms with van der Waals surface area (Å²) in [5.74, 6) is -0.215. The second kappa shape index (κ2) is 6.26. The number of para-hydroxylation sites is 1. The first-order chi connectivity index (χ1) is 13.3. The third-order valence-electron chi connectivity index (χ3n) is 4.09. The first kappa shape index (κ1) is 15.6. The second-order valence-corrected chi connectivity index (χ2v) is 6.90. The van der Waals surface area contributed by atoms with Gasteiger partial charge < -0.3 is 5.32 Å². The van der Waals surface area contributed by atoms with Gasteiger partial charge in [0.15, 0.2) is 10.7 Å². The number of fused-ring (bicyclic) bond motifs is 2. The number of thiazole rings is 1. The van der Waals surface area contributed by atoms with Gasteiger partial charge in [0, 0.05) is 11.3 Å². The van der Waals surface area contributed by atoms with Gasteiger partial charge in [-0.3, -0.25) is 4.79 Å². The lowest BCUT2D eigenvalue weighted by Gasteiger charge is -2.05. The van der Waals surface area contributed by atoms with E-state index in [1.54, 1.807) is 10.8 Å². The molecule has 7 nitrogen and oxygen atoms in total. The number of amides is 1. The summed E-state index contributed by atoms with van der Waals surface area (Å²) in [5.41, 5.74) is 3.96. The van der Waals surface area contributed by atoms with Crippen molar-refractivity contribution < 1.29 is 4.79 Å². The van der Waals surface area contributed by atoms with Crippen molar-refractivity contribution in [2.45, 2.75) is 0 Å². The summed E-state index contributed by atoms with van der Waals surface area (Å²) >= 11 is 1.38. The zero-order chi connectivity index (χ0) is 18.2. The fourth-order valence-corrected chi connectivity index (χ4v) is 3.62. The summed E-state index contributed by atoms with van der Waals surface area (Å²) in [4.78, 5) is 16.8. The Morgan fingerprint density at radius 3 is 2.70 bits per heavy atom. The van der Waals surface area contributed by atoms with Crippen molar-refractivity contribution in [1.29, 1.82) is 0 Å². The fraction of sp³-hybridized carbons (Fsp3) is 0. The molecule has 3 aromatic heterocycles. The highest BCUT2D eigenvalue weighted by atomic mass is 32.1. The molecule has 0 saturated carbocycles.